The summed E-state index contributed by atoms with van der Waals surface area (Å²) in [6, 6.07) is 11.1. The number of amides is 2. The molecule has 7 heteroatoms. The lowest BCUT2D eigenvalue weighted by Crippen LogP contribution is -2.47. The molecule has 0 aliphatic heterocycles. The summed E-state index contributed by atoms with van der Waals surface area (Å²) in [6.07, 6.45) is 0. The summed E-state index contributed by atoms with van der Waals surface area (Å²) < 4.78 is 29.4. The van der Waals surface area contributed by atoms with Crippen LogP contribution in [0.4, 0.5) is 0 Å². The van der Waals surface area contributed by atoms with Gasteiger partial charge < -0.3 is 0 Å². The standard InChI is InChI=1S/C25H34N2O4S/c1-15(2)20-13-21(16(3)4)23(22(14-20)17(5)6)32(30,31)27-18(7)24(28)26-25(29)19-11-9-8-10-12-19/h8-18,27H,1-7H3,(H,26,28,29)/t18-/m0/s1. The predicted molar refractivity (Wildman–Crippen MR) is 127 cm³/mol. The van der Waals surface area contributed by atoms with E-state index in [2.05, 4.69) is 23.9 Å². The quantitative estimate of drug-likeness (QED) is 0.601. The molecular formula is C25H34N2O4S. The molecule has 32 heavy (non-hydrogen) atoms. The molecule has 0 spiro atoms. The van der Waals surface area contributed by atoms with E-state index in [1.165, 1.54) is 6.92 Å². The average Bonchev–Trinajstić information content (AvgIpc) is 2.72. The molecule has 2 rings (SSSR count). The van der Waals surface area contributed by atoms with Gasteiger partial charge in [0.1, 0.15) is 0 Å². The van der Waals surface area contributed by atoms with Crippen molar-refractivity contribution < 1.29 is 18.0 Å². The van der Waals surface area contributed by atoms with Crippen LogP contribution in [-0.4, -0.2) is 26.3 Å². The fourth-order valence-electron chi connectivity index (χ4n) is 3.43. The molecule has 174 valence electrons. The largest absolute Gasteiger partial charge is 0.291 e. The zero-order valence-electron chi connectivity index (χ0n) is 19.9. The van der Waals surface area contributed by atoms with Gasteiger partial charge in [0, 0.05) is 5.56 Å². The highest BCUT2D eigenvalue weighted by molar-refractivity contribution is 7.89. The lowest BCUT2D eigenvalue weighted by Gasteiger charge is -2.24. The fraction of sp³-hybridized carbons (Fsp3) is 0.440. The first-order valence-corrected chi connectivity index (χ1v) is 12.4. The lowest BCUT2D eigenvalue weighted by atomic mass is 9.89. The van der Waals surface area contributed by atoms with Gasteiger partial charge in [0.05, 0.1) is 10.9 Å². The zero-order valence-corrected chi connectivity index (χ0v) is 20.7. The average molecular weight is 459 g/mol. The minimum absolute atomic E-state index is 0.0263. The minimum atomic E-state index is -4.02. The Labute approximate surface area is 191 Å². The van der Waals surface area contributed by atoms with Crippen molar-refractivity contribution in [2.45, 2.75) is 77.2 Å². The van der Waals surface area contributed by atoms with Crippen LogP contribution in [0.15, 0.2) is 47.4 Å². The van der Waals surface area contributed by atoms with E-state index in [4.69, 9.17) is 0 Å². The number of sulfonamides is 1. The van der Waals surface area contributed by atoms with E-state index in [0.29, 0.717) is 5.56 Å². The van der Waals surface area contributed by atoms with E-state index in [-0.39, 0.29) is 22.6 Å². The van der Waals surface area contributed by atoms with Crippen LogP contribution >= 0.6 is 0 Å². The molecule has 0 saturated carbocycles. The Bertz CT molecular complexity index is 1050. The molecular weight excluding hydrogens is 424 g/mol. The number of hydrogen-bond donors (Lipinski definition) is 2. The summed E-state index contributed by atoms with van der Waals surface area (Å²) in [6.45, 7) is 13.4. The van der Waals surface area contributed by atoms with Gasteiger partial charge in [-0.15, -0.1) is 0 Å². The second kappa shape index (κ2) is 10.4. The van der Waals surface area contributed by atoms with Crippen LogP contribution in [0.1, 0.15) is 93.3 Å². The number of rotatable bonds is 8. The molecule has 2 amide bonds. The van der Waals surface area contributed by atoms with Crippen LogP contribution in [0.3, 0.4) is 0 Å². The molecule has 1 atom stereocenters. The fourth-order valence-corrected chi connectivity index (χ4v) is 5.33. The third-order valence-corrected chi connectivity index (χ3v) is 7.02. The Morgan fingerprint density at radius 3 is 1.72 bits per heavy atom. The van der Waals surface area contributed by atoms with E-state index < -0.39 is 27.9 Å². The molecule has 0 radical (unpaired) electrons. The van der Waals surface area contributed by atoms with Crippen molar-refractivity contribution in [2.24, 2.45) is 0 Å². The van der Waals surface area contributed by atoms with Crippen LogP contribution in [0.2, 0.25) is 0 Å². The number of nitrogens with one attached hydrogen (secondary N) is 2. The van der Waals surface area contributed by atoms with Gasteiger partial charge >= 0.3 is 0 Å². The smallest absolute Gasteiger partial charge is 0.257 e. The molecule has 0 unspecified atom stereocenters. The predicted octanol–water partition coefficient (Wildman–Crippen LogP) is 4.68. The Hall–Kier alpha value is -2.51. The molecule has 6 nitrogen and oxygen atoms in total. The molecule has 2 aromatic carbocycles. The SMILES string of the molecule is CC(C)c1cc(C(C)C)c(S(=O)(=O)N[C@@H](C)C(=O)NC(=O)c2ccccc2)c(C(C)C)c1. The van der Waals surface area contributed by atoms with Crippen molar-refractivity contribution in [3.8, 4) is 0 Å². The molecule has 0 heterocycles. The number of carbonyl (C=O) groups is 2. The highest BCUT2D eigenvalue weighted by Gasteiger charge is 2.30. The van der Waals surface area contributed by atoms with Gasteiger partial charge in [-0.25, -0.2) is 8.42 Å². The first-order valence-electron chi connectivity index (χ1n) is 11.0. The maximum Gasteiger partial charge on any atom is 0.257 e. The van der Waals surface area contributed by atoms with Gasteiger partial charge in [-0.05, 0) is 53.5 Å². The molecule has 2 aromatic rings. The summed E-state index contributed by atoms with van der Waals surface area (Å²) in [5.74, 6) is -1.08. The second-order valence-electron chi connectivity index (χ2n) is 9.02. The summed E-state index contributed by atoms with van der Waals surface area (Å²) >= 11 is 0. The molecule has 0 aliphatic rings. The Kier molecular flexibility index (Phi) is 8.37. The summed E-state index contributed by atoms with van der Waals surface area (Å²) in [5.41, 5.74) is 2.85. The first kappa shape index (κ1) is 25.7. The monoisotopic (exact) mass is 458 g/mol. The Morgan fingerprint density at radius 2 is 1.28 bits per heavy atom. The topological polar surface area (TPSA) is 92.3 Å². The van der Waals surface area contributed by atoms with Gasteiger partial charge in [0.25, 0.3) is 5.91 Å². The number of imide groups is 1. The van der Waals surface area contributed by atoms with Crippen molar-refractivity contribution in [3.05, 3.63) is 64.7 Å². The molecule has 0 saturated heterocycles. The van der Waals surface area contributed by atoms with Crippen LogP contribution in [0.5, 0.6) is 0 Å². The van der Waals surface area contributed by atoms with Crippen LogP contribution in [-0.2, 0) is 14.8 Å². The second-order valence-corrected chi connectivity index (χ2v) is 10.7. The molecule has 0 aromatic heterocycles. The van der Waals surface area contributed by atoms with Crippen molar-refractivity contribution in [2.75, 3.05) is 0 Å². The van der Waals surface area contributed by atoms with E-state index >= 15 is 0 Å². The van der Waals surface area contributed by atoms with Crippen molar-refractivity contribution >= 4 is 21.8 Å². The zero-order chi connectivity index (χ0) is 24.2. The number of benzene rings is 2. The van der Waals surface area contributed by atoms with Crippen LogP contribution < -0.4 is 10.0 Å². The highest BCUT2D eigenvalue weighted by atomic mass is 32.2. The molecule has 0 bridgehead atoms. The van der Waals surface area contributed by atoms with E-state index in [1.807, 2.05) is 39.8 Å². The molecule has 2 N–H and O–H groups in total. The Balaban J connectivity index is 2.38. The lowest BCUT2D eigenvalue weighted by molar-refractivity contribution is -0.121. The third kappa shape index (κ3) is 6.04. The summed E-state index contributed by atoms with van der Waals surface area (Å²) in [5, 5.41) is 2.26. The minimum Gasteiger partial charge on any atom is -0.291 e. The first-order chi connectivity index (χ1) is 14.8. The maximum atomic E-state index is 13.5. The van der Waals surface area contributed by atoms with Crippen LogP contribution in [0.25, 0.3) is 0 Å². The van der Waals surface area contributed by atoms with Crippen molar-refractivity contribution in [1.82, 2.24) is 10.0 Å². The summed E-state index contributed by atoms with van der Waals surface area (Å²) in [7, 11) is -4.02. The van der Waals surface area contributed by atoms with Crippen molar-refractivity contribution in [3.63, 3.8) is 0 Å². The summed E-state index contributed by atoms with van der Waals surface area (Å²) in [4.78, 5) is 25.1. The molecule has 0 fully saturated rings. The Morgan fingerprint density at radius 1 is 0.781 bits per heavy atom. The normalized spacial score (nSPS) is 12.9. The van der Waals surface area contributed by atoms with E-state index in [0.717, 1.165) is 16.7 Å². The van der Waals surface area contributed by atoms with Crippen LogP contribution in [0, 0.1) is 0 Å². The van der Waals surface area contributed by atoms with Gasteiger partial charge in [0.15, 0.2) is 0 Å². The van der Waals surface area contributed by atoms with Gasteiger partial charge in [0.2, 0.25) is 15.9 Å². The highest BCUT2D eigenvalue weighted by Crippen LogP contribution is 2.35. The number of hydrogen-bond acceptors (Lipinski definition) is 4. The van der Waals surface area contributed by atoms with Crippen molar-refractivity contribution in [1.29, 1.82) is 0 Å². The molecule has 0 aliphatic carbocycles. The van der Waals surface area contributed by atoms with Gasteiger partial charge in [-0.3, -0.25) is 14.9 Å². The van der Waals surface area contributed by atoms with Gasteiger partial charge in [-0.2, -0.15) is 4.72 Å². The number of carbonyl (C=O) groups excluding carboxylic acids is 2. The van der Waals surface area contributed by atoms with E-state index in [1.54, 1.807) is 30.3 Å². The maximum absolute atomic E-state index is 13.5. The van der Waals surface area contributed by atoms with Gasteiger partial charge in [-0.1, -0.05) is 71.9 Å². The van der Waals surface area contributed by atoms with E-state index in [9.17, 15) is 18.0 Å². The third-order valence-electron chi connectivity index (χ3n) is 5.35.